The molecule has 0 spiro atoms. The van der Waals surface area contributed by atoms with Gasteiger partial charge in [-0.1, -0.05) is 23.5 Å². The second kappa shape index (κ2) is 22.3. The lowest BCUT2D eigenvalue weighted by Gasteiger charge is -2.27. The molecule has 2 amide bonds. The molecule has 4 aliphatic heterocycles. The second-order valence-electron chi connectivity index (χ2n) is 19.0. The fourth-order valence-corrected chi connectivity index (χ4v) is 12.1. The number of nitrogens with two attached hydrogens (primary N) is 2. The fraction of sp³-hybridized carbons (Fsp3) is 0.440. The van der Waals surface area contributed by atoms with Crippen LogP contribution in [0.4, 0.5) is 37.7 Å². The number of hydrogen-bond donors (Lipinski definition) is 2. The van der Waals surface area contributed by atoms with Crippen LogP contribution in [0, 0.1) is 11.8 Å². The van der Waals surface area contributed by atoms with Gasteiger partial charge in [0.25, 0.3) is 11.8 Å². The number of carbonyl (C=O) groups is 2. The Morgan fingerprint density at radius 1 is 0.568 bits per heavy atom. The van der Waals surface area contributed by atoms with Gasteiger partial charge < -0.3 is 40.2 Å². The number of alkyl halides is 6. The lowest BCUT2D eigenvalue weighted by atomic mass is 10.0. The van der Waals surface area contributed by atoms with Gasteiger partial charge >= 0.3 is 12.4 Å². The van der Waals surface area contributed by atoms with Crippen LogP contribution in [0.25, 0.3) is 22.8 Å². The number of halogens is 6. The van der Waals surface area contributed by atoms with E-state index in [-0.39, 0.29) is 11.4 Å². The van der Waals surface area contributed by atoms with E-state index in [2.05, 4.69) is 50.0 Å². The Labute approximate surface area is 432 Å². The van der Waals surface area contributed by atoms with Crippen LogP contribution in [0.15, 0.2) is 95.5 Å². The number of benzene rings is 2. The van der Waals surface area contributed by atoms with Crippen LogP contribution >= 0.6 is 23.5 Å². The number of thioether (sulfide) groups is 2. The molecule has 392 valence electrons. The molecule has 6 aromatic rings. The van der Waals surface area contributed by atoms with Crippen molar-refractivity contribution in [3.05, 3.63) is 108 Å². The summed E-state index contributed by atoms with van der Waals surface area (Å²) >= 11 is 3.28. The molecule has 8 heterocycles. The largest absolute Gasteiger partial charge is 0.416 e. The van der Waals surface area contributed by atoms with Crippen molar-refractivity contribution in [3.63, 3.8) is 0 Å². The van der Waals surface area contributed by atoms with Gasteiger partial charge in [0.1, 0.15) is 11.4 Å². The van der Waals surface area contributed by atoms with E-state index in [1.807, 2.05) is 23.2 Å². The van der Waals surface area contributed by atoms with Crippen molar-refractivity contribution >= 4 is 46.7 Å². The van der Waals surface area contributed by atoms with Gasteiger partial charge in [-0.3, -0.25) is 19.6 Å². The second-order valence-corrected chi connectivity index (χ2v) is 21.1. The molecule has 0 radical (unpaired) electrons. The highest BCUT2D eigenvalue weighted by Crippen LogP contribution is 2.39. The molecule has 0 aliphatic carbocycles. The molecule has 4 atom stereocenters. The SMILES string of the molecule is Cn1c(SCCCN2C[C@@H]3CCN(c4ccc(C(F)(F)F)cc4)[C@@H]3C2)nnc1-c1ccc(C(N)=O)nc1.Cn1c(SCCCN2C[C@H]3CCN(c4ccc(C(F)(F)F)cc4)[C@H]3C2)nnc1-c1ccc(C(N)=O)nc1. The molecule has 74 heavy (non-hydrogen) atoms. The number of primary amides is 2. The molecule has 0 unspecified atom stereocenters. The molecule has 10 rings (SSSR count). The highest BCUT2D eigenvalue weighted by Gasteiger charge is 2.43. The number of hydrogen-bond acceptors (Lipinski definition) is 14. The highest BCUT2D eigenvalue weighted by atomic mass is 32.2. The fourth-order valence-electron chi connectivity index (χ4n) is 10.4. The molecule has 2 aromatic carbocycles. The molecule has 4 aliphatic rings. The summed E-state index contributed by atoms with van der Waals surface area (Å²) in [5.41, 5.74) is 12.9. The smallest absolute Gasteiger partial charge is 0.367 e. The summed E-state index contributed by atoms with van der Waals surface area (Å²) in [5, 5.41) is 18.7. The maximum absolute atomic E-state index is 12.9. The first-order valence-electron chi connectivity index (χ1n) is 24.3. The van der Waals surface area contributed by atoms with Crippen molar-refractivity contribution in [1.29, 1.82) is 0 Å². The molecule has 16 nitrogen and oxygen atoms in total. The summed E-state index contributed by atoms with van der Waals surface area (Å²) in [6.45, 7) is 7.61. The lowest BCUT2D eigenvalue weighted by molar-refractivity contribution is -0.138. The topological polar surface area (TPSA) is 186 Å². The number of aromatic nitrogens is 8. The molecular formula is C50H56F6N14O2S2. The number of fused-ring (bicyclic) bond motifs is 2. The van der Waals surface area contributed by atoms with E-state index in [1.54, 1.807) is 84.4 Å². The van der Waals surface area contributed by atoms with Gasteiger partial charge in [-0.2, -0.15) is 26.3 Å². The molecule has 4 saturated heterocycles. The van der Waals surface area contributed by atoms with Crippen LogP contribution in [0.3, 0.4) is 0 Å². The maximum Gasteiger partial charge on any atom is 0.416 e. The van der Waals surface area contributed by atoms with Gasteiger partial charge in [0.15, 0.2) is 22.0 Å². The first kappa shape index (κ1) is 52.6. The zero-order valence-corrected chi connectivity index (χ0v) is 42.3. The van der Waals surface area contributed by atoms with Gasteiger partial charge in [0.2, 0.25) is 0 Å². The summed E-state index contributed by atoms with van der Waals surface area (Å²) in [4.78, 5) is 40.0. The van der Waals surface area contributed by atoms with Crippen LogP contribution in [0.1, 0.15) is 57.8 Å². The highest BCUT2D eigenvalue weighted by molar-refractivity contribution is 7.99. The van der Waals surface area contributed by atoms with Crippen LogP contribution in [-0.2, 0) is 26.4 Å². The average molecular weight is 1060 g/mol. The standard InChI is InChI=1S/2C25H28F3N7OS/c2*1-33-23(16-3-8-20(22(29)36)30-13-16)31-32-24(33)37-12-2-10-34-14-17-9-11-35(21(17)15-34)19-6-4-18(5-7-19)25(26,27)28/h2*3-8,13,17,21H,2,9-12,14-15H2,1H3,(H2,29,36)/t2*17-,21+/m10/s1. The van der Waals surface area contributed by atoms with E-state index in [0.717, 1.165) is 122 Å². The van der Waals surface area contributed by atoms with Crippen molar-refractivity contribution in [2.75, 3.05) is 73.7 Å². The van der Waals surface area contributed by atoms with E-state index < -0.39 is 35.3 Å². The van der Waals surface area contributed by atoms with Crippen molar-refractivity contribution < 1.29 is 35.9 Å². The molecule has 4 aromatic heterocycles. The molecule has 0 bridgehead atoms. The van der Waals surface area contributed by atoms with E-state index in [9.17, 15) is 35.9 Å². The number of pyridine rings is 2. The minimum atomic E-state index is -4.31. The van der Waals surface area contributed by atoms with Crippen LogP contribution < -0.4 is 21.3 Å². The lowest BCUT2D eigenvalue weighted by Crippen LogP contribution is -2.35. The Morgan fingerprint density at radius 2 is 0.959 bits per heavy atom. The number of amides is 2. The molecule has 4 fully saturated rings. The van der Waals surface area contributed by atoms with Gasteiger partial charge in [-0.15, -0.1) is 20.4 Å². The number of anilines is 2. The predicted octanol–water partition coefficient (Wildman–Crippen LogP) is 7.38. The van der Waals surface area contributed by atoms with Gasteiger partial charge in [-0.25, -0.2) is 0 Å². The van der Waals surface area contributed by atoms with Crippen molar-refractivity contribution in [2.45, 2.75) is 60.4 Å². The molecule has 24 heteroatoms. The minimum absolute atomic E-state index is 0.203. The Bertz CT molecular complexity index is 2690. The van der Waals surface area contributed by atoms with Crippen molar-refractivity contribution in [3.8, 4) is 22.8 Å². The Morgan fingerprint density at radius 3 is 1.30 bits per heavy atom. The number of carbonyl (C=O) groups excluding carboxylic acids is 2. The Hall–Kier alpha value is -6.24. The maximum atomic E-state index is 12.9. The molecular weight excluding hydrogens is 1010 g/mol. The summed E-state index contributed by atoms with van der Waals surface area (Å²) < 4.78 is 81.3. The first-order chi connectivity index (χ1) is 35.4. The van der Waals surface area contributed by atoms with Crippen LogP contribution in [0.5, 0.6) is 0 Å². The summed E-state index contributed by atoms with van der Waals surface area (Å²) in [6, 6.07) is 18.5. The third-order valence-electron chi connectivity index (χ3n) is 14.2. The predicted molar refractivity (Wildman–Crippen MR) is 270 cm³/mol. The zero-order chi connectivity index (χ0) is 52.3. The van der Waals surface area contributed by atoms with E-state index in [0.29, 0.717) is 35.6 Å². The molecule has 0 saturated carbocycles. The Balaban J connectivity index is 0.000000182. The van der Waals surface area contributed by atoms with E-state index in [4.69, 9.17) is 11.5 Å². The molecule has 4 N–H and O–H groups in total. The number of likely N-dealkylation sites (tertiary alicyclic amines) is 2. The third kappa shape index (κ3) is 12.0. The average Bonchev–Trinajstić information content (AvgIpc) is 4.25. The number of rotatable bonds is 16. The summed E-state index contributed by atoms with van der Waals surface area (Å²) in [6.07, 6.45) is -1.39. The minimum Gasteiger partial charge on any atom is -0.367 e. The van der Waals surface area contributed by atoms with Crippen molar-refractivity contribution in [2.24, 2.45) is 37.4 Å². The van der Waals surface area contributed by atoms with Crippen molar-refractivity contribution in [1.82, 2.24) is 49.3 Å². The quantitative estimate of drug-likeness (QED) is 0.0556. The zero-order valence-electron chi connectivity index (χ0n) is 40.7. The van der Waals surface area contributed by atoms with E-state index in [1.165, 1.54) is 24.3 Å². The Kier molecular flexibility index (Phi) is 15.9. The summed E-state index contributed by atoms with van der Waals surface area (Å²) in [5.74, 6) is 3.06. The van der Waals surface area contributed by atoms with E-state index >= 15 is 0 Å². The third-order valence-corrected chi connectivity index (χ3v) is 16.4. The number of nitrogens with zero attached hydrogens (tertiary/aromatic N) is 12. The first-order valence-corrected chi connectivity index (χ1v) is 26.3. The van der Waals surface area contributed by atoms with Crippen LogP contribution in [-0.4, -0.2) is 137 Å². The van der Waals surface area contributed by atoms with Gasteiger partial charge in [-0.05, 0) is 123 Å². The normalized spacial score (nSPS) is 19.9. The summed E-state index contributed by atoms with van der Waals surface area (Å²) in [7, 11) is 3.80. The van der Waals surface area contributed by atoms with Crippen LogP contribution in [0.2, 0.25) is 0 Å². The van der Waals surface area contributed by atoms with Gasteiger partial charge in [0, 0.05) is 112 Å². The monoisotopic (exact) mass is 1060 g/mol. The van der Waals surface area contributed by atoms with Gasteiger partial charge in [0.05, 0.1) is 11.1 Å².